The number of ketones is 1. The van der Waals surface area contributed by atoms with Crippen molar-refractivity contribution in [1.82, 2.24) is 14.9 Å². The standard InChI is InChI=1S/C27H24FN3O3S/c1-17-12-13-20(15-22(17)28)31-26(34)21-10-6-7-11-23(21)30-27(31)35-16-25(33)29-24(18(2)32)14-19-8-4-3-5-9-19/h3-13,15,24H,14,16H2,1-2H3,(H,29,33). The molecular formula is C27H24FN3O3S. The summed E-state index contributed by atoms with van der Waals surface area (Å²) in [6, 6.07) is 20.2. The number of thioether (sulfide) groups is 1. The summed E-state index contributed by atoms with van der Waals surface area (Å²) in [5, 5.41) is 3.43. The van der Waals surface area contributed by atoms with Crippen molar-refractivity contribution in [2.45, 2.75) is 31.5 Å². The molecular weight excluding hydrogens is 465 g/mol. The second-order valence-corrected chi connectivity index (χ2v) is 9.14. The third-order valence-corrected chi connectivity index (χ3v) is 6.54. The number of amides is 1. The number of carbonyl (C=O) groups excluding carboxylic acids is 2. The Morgan fingerprint density at radius 1 is 1.06 bits per heavy atom. The predicted molar refractivity (Wildman–Crippen MR) is 136 cm³/mol. The van der Waals surface area contributed by atoms with E-state index in [9.17, 15) is 18.8 Å². The average molecular weight is 490 g/mol. The molecule has 1 amide bonds. The van der Waals surface area contributed by atoms with Gasteiger partial charge in [0.25, 0.3) is 5.56 Å². The smallest absolute Gasteiger partial charge is 0.266 e. The van der Waals surface area contributed by atoms with Gasteiger partial charge >= 0.3 is 0 Å². The fourth-order valence-corrected chi connectivity index (χ4v) is 4.49. The van der Waals surface area contributed by atoms with Crippen molar-refractivity contribution in [3.63, 3.8) is 0 Å². The quantitative estimate of drug-likeness (QED) is 0.296. The molecule has 4 rings (SSSR count). The van der Waals surface area contributed by atoms with Crippen LogP contribution in [0.2, 0.25) is 0 Å². The van der Waals surface area contributed by atoms with E-state index in [1.165, 1.54) is 17.6 Å². The lowest BCUT2D eigenvalue weighted by molar-refractivity contribution is -0.125. The van der Waals surface area contributed by atoms with E-state index in [1.807, 2.05) is 30.3 Å². The molecule has 0 bridgehead atoms. The number of Topliss-reactive ketones (excluding diaryl/α,β-unsaturated/α-hetero) is 1. The van der Waals surface area contributed by atoms with Crippen molar-refractivity contribution < 1.29 is 14.0 Å². The van der Waals surface area contributed by atoms with Crippen LogP contribution < -0.4 is 10.9 Å². The van der Waals surface area contributed by atoms with Crippen molar-refractivity contribution in [1.29, 1.82) is 0 Å². The summed E-state index contributed by atoms with van der Waals surface area (Å²) in [5.74, 6) is -1.03. The van der Waals surface area contributed by atoms with Gasteiger partial charge in [0.05, 0.1) is 28.4 Å². The third kappa shape index (κ3) is 5.66. The molecule has 35 heavy (non-hydrogen) atoms. The highest BCUT2D eigenvalue weighted by atomic mass is 32.2. The molecule has 8 heteroatoms. The molecule has 0 saturated carbocycles. The maximum atomic E-state index is 14.3. The minimum Gasteiger partial charge on any atom is -0.345 e. The molecule has 1 aromatic heterocycles. The van der Waals surface area contributed by atoms with Gasteiger partial charge in [0.2, 0.25) is 5.91 Å². The summed E-state index contributed by atoms with van der Waals surface area (Å²) in [6.07, 6.45) is 0.383. The van der Waals surface area contributed by atoms with Crippen molar-refractivity contribution in [3.05, 3.63) is 100 Å². The normalized spacial score (nSPS) is 11.9. The molecule has 0 aliphatic carbocycles. The van der Waals surface area contributed by atoms with E-state index in [1.54, 1.807) is 43.3 Å². The molecule has 0 saturated heterocycles. The number of benzene rings is 3. The largest absolute Gasteiger partial charge is 0.345 e. The first-order valence-electron chi connectivity index (χ1n) is 11.1. The van der Waals surface area contributed by atoms with Gasteiger partial charge in [0, 0.05) is 0 Å². The first-order chi connectivity index (χ1) is 16.8. The monoisotopic (exact) mass is 489 g/mol. The summed E-state index contributed by atoms with van der Waals surface area (Å²) < 4.78 is 15.6. The number of aryl methyl sites for hydroxylation is 1. The summed E-state index contributed by atoms with van der Waals surface area (Å²) in [4.78, 5) is 42.8. The SMILES string of the molecule is CC(=O)C(Cc1ccccc1)NC(=O)CSc1nc2ccccc2c(=O)n1-c1ccc(C)c(F)c1. The first-order valence-corrected chi connectivity index (χ1v) is 12.1. The van der Waals surface area contributed by atoms with Crippen molar-refractivity contribution in [2.75, 3.05) is 5.75 Å². The minimum absolute atomic E-state index is 0.0717. The van der Waals surface area contributed by atoms with Crippen LogP contribution in [0, 0.1) is 12.7 Å². The summed E-state index contributed by atoms with van der Waals surface area (Å²) in [6.45, 7) is 3.08. The van der Waals surface area contributed by atoms with E-state index in [2.05, 4.69) is 10.3 Å². The highest BCUT2D eigenvalue weighted by molar-refractivity contribution is 7.99. The second-order valence-electron chi connectivity index (χ2n) is 8.19. The van der Waals surface area contributed by atoms with Crippen LogP contribution in [0.25, 0.3) is 16.6 Å². The Bertz CT molecular complexity index is 1450. The fourth-order valence-electron chi connectivity index (χ4n) is 3.67. The number of nitrogens with one attached hydrogen (secondary N) is 1. The van der Waals surface area contributed by atoms with Gasteiger partial charge in [0.15, 0.2) is 10.9 Å². The minimum atomic E-state index is -0.663. The fraction of sp³-hybridized carbons (Fsp3) is 0.185. The number of halogens is 1. The van der Waals surface area contributed by atoms with Crippen molar-refractivity contribution >= 4 is 34.4 Å². The van der Waals surface area contributed by atoms with E-state index >= 15 is 0 Å². The molecule has 1 unspecified atom stereocenters. The highest BCUT2D eigenvalue weighted by Gasteiger charge is 2.20. The number of para-hydroxylation sites is 1. The average Bonchev–Trinajstić information content (AvgIpc) is 2.85. The molecule has 0 aliphatic rings. The molecule has 178 valence electrons. The van der Waals surface area contributed by atoms with Gasteiger partial charge in [-0.25, -0.2) is 9.37 Å². The number of nitrogens with zero attached hydrogens (tertiary/aromatic N) is 2. The first kappa shape index (κ1) is 24.3. The van der Waals surface area contributed by atoms with Gasteiger partial charge in [-0.1, -0.05) is 60.3 Å². The number of aromatic nitrogens is 2. The van der Waals surface area contributed by atoms with Gasteiger partial charge in [-0.05, 0) is 55.7 Å². The van der Waals surface area contributed by atoms with E-state index in [0.717, 1.165) is 17.3 Å². The maximum absolute atomic E-state index is 14.3. The Morgan fingerprint density at radius 3 is 2.49 bits per heavy atom. The van der Waals surface area contributed by atoms with Gasteiger partial charge < -0.3 is 5.32 Å². The maximum Gasteiger partial charge on any atom is 0.266 e. The molecule has 0 spiro atoms. The summed E-state index contributed by atoms with van der Waals surface area (Å²) in [5.41, 5.74) is 1.84. The van der Waals surface area contributed by atoms with E-state index in [4.69, 9.17) is 0 Å². The number of hydrogen-bond donors (Lipinski definition) is 1. The van der Waals surface area contributed by atoms with E-state index in [0.29, 0.717) is 28.6 Å². The van der Waals surface area contributed by atoms with Crippen LogP contribution >= 0.6 is 11.8 Å². The van der Waals surface area contributed by atoms with Crippen LogP contribution in [0.5, 0.6) is 0 Å². The summed E-state index contributed by atoms with van der Waals surface area (Å²) in [7, 11) is 0. The van der Waals surface area contributed by atoms with Gasteiger partial charge in [-0.15, -0.1) is 0 Å². The van der Waals surface area contributed by atoms with E-state index < -0.39 is 11.9 Å². The second kappa shape index (κ2) is 10.7. The lowest BCUT2D eigenvalue weighted by Gasteiger charge is -2.17. The Kier molecular flexibility index (Phi) is 7.41. The number of fused-ring (bicyclic) bond motifs is 1. The van der Waals surface area contributed by atoms with Gasteiger partial charge in [-0.2, -0.15) is 0 Å². The molecule has 4 aromatic rings. The molecule has 1 heterocycles. The lowest BCUT2D eigenvalue weighted by atomic mass is 10.0. The van der Waals surface area contributed by atoms with Crippen molar-refractivity contribution in [2.24, 2.45) is 0 Å². The van der Waals surface area contributed by atoms with Crippen molar-refractivity contribution in [3.8, 4) is 5.69 Å². The highest BCUT2D eigenvalue weighted by Crippen LogP contribution is 2.22. The zero-order chi connectivity index (χ0) is 24.9. The zero-order valence-corrected chi connectivity index (χ0v) is 20.1. The van der Waals surface area contributed by atoms with Crippen LogP contribution in [-0.4, -0.2) is 33.0 Å². The molecule has 1 atom stereocenters. The van der Waals surface area contributed by atoms with Crippen LogP contribution in [0.15, 0.2) is 82.7 Å². The Balaban J connectivity index is 1.60. The molecule has 0 aliphatic heterocycles. The Labute approximate surface area is 206 Å². The van der Waals surface area contributed by atoms with Crippen LogP contribution in [-0.2, 0) is 16.0 Å². The van der Waals surface area contributed by atoms with Crippen LogP contribution in [0.3, 0.4) is 0 Å². The van der Waals surface area contributed by atoms with Crippen LogP contribution in [0.1, 0.15) is 18.1 Å². The zero-order valence-electron chi connectivity index (χ0n) is 19.3. The lowest BCUT2D eigenvalue weighted by Crippen LogP contribution is -2.42. The molecule has 0 fully saturated rings. The predicted octanol–water partition coefficient (Wildman–Crippen LogP) is 4.24. The summed E-state index contributed by atoms with van der Waals surface area (Å²) >= 11 is 1.06. The molecule has 0 radical (unpaired) electrons. The molecule has 1 N–H and O–H groups in total. The molecule has 3 aromatic carbocycles. The van der Waals surface area contributed by atoms with Crippen LogP contribution in [0.4, 0.5) is 4.39 Å². The van der Waals surface area contributed by atoms with Gasteiger partial charge in [0.1, 0.15) is 5.82 Å². The number of carbonyl (C=O) groups is 2. The number of rotatable bonds is 8. The van der Waals surface area contributed by atoms with Gasteiger partial charge in [-0.3, -0.25) is 19.0 Å². The Hall–Kier alpha value is -3.78. The topological polar surface area (TPSA) is 81.1 Å². The van der Waals surface area contributed by atoms with E-state index in [-0.39, 0.29) is 28.2 Å². The molecule has 6 nitrogen and oxygen atoms in total. The Morgan fingerprint density at radius 2 is 1.77 bits per heavy atom. The number of hydrogen-bond acceptors (Lipinski definition) is 5. The third-order valence-electron chi connectivity index (χ3n) is 5.60.